The van der Waals surface area contributed by atoms with Gasteiger partial charge >= 0.3 is 0 Å². The normalized spacial score (nSPS) is 17.4. The smallest absolute Gasteiger partial charge is 0.0817 e. The van der Waals surface area contributed by atoms with E-state index in [1.807, 2.05) is 7.05 Å². The molecule has 0 aromatic heterocycles. The zero-order valence-corrected chi connectivity index (χ0v) is 6.96. The predicted octanol–water partition coefficient (Wildman–Crippen LogP) is -0.450. The van der Waals surface area contributed by atoms with Crippen molar-refractivity contribution in [2.45, 2.75) is 26.0 Å². The van der Waals surface area contributed by atoms with Gasteiger partial charge in [-0.1, -0.05) is 13.8 Å². The molecule has 0 heterocycles. The van der Waals surface area contributed by atoms with E-state index < -0.39 is 6.10 Å². The summed E-state index contributed by atoms with van der Waals surface area (Å²) in [6.07, 6.45) is -0.426. The van der Waals surface area contributed by atoms with Crippen LogP contribution in [0.5, 0.6) is 0 Å². The SMILES string of the molecule is CNC(C(C)C)C(O)CN. The number of aliphatic hydroxyl groups is 1. The topological polar surface area (TPSA) is 58.3 Å². The molecule has 0 aliphatic heterocycles. The van der Waals surface area contributed by atoms with Crippen molar-refractivity contribution in [2.75, 3.05) is 13.6 Å². The Balaban J connectivity index is 3.80. The van der Waals surface area contributed by atoms with Crippen LogP contribution in [0.2, 0.25) is 0 Å². The number of nitrogens with one attached hydrogen (secondary N) is 1. The van der Waals surface area contributed by atoms with Crippen molar-refractivity contribution in [3.05, 3.63) is 0 Å². The molecule has 0 rings (SSSR count). The molecule has 62 valence electrons. The lowest BCUT2D eigenvalue weighted by atomic mass is 9.99. The van der Waals surface area contributed by atoms with E-state index in [4.69, 9.17) is 5.73 Å². The zero-order valence-electron chi connectivity index (χ0n) is 6.96. The summed E-state index contributed by atoms with van der Waals surface area (Å²) in [6.45, 7) is 4.43. The van der Waals surface area contributed by atoms with Gasteiger partial charge in [0.05, 0.1) is 6.10 Å². The van der Waals surface area contributed by atoms with Gasteiger partial charge in [0.15, 0.2) is 0 Å². The first-order chi connectivity index (χ1) is 4.63. The average molecular weight is 146 g/mol. The number of aliphatic hydroxyl groups excluding tert-OH is 1. The maximum absolute atomic E-state index is 9.30. The molecule has 0 aromatic rings. The van der Waals surface area contributed by atoms with E-state index in [0.717, 1.165) is 0 Å². The highest BCUT2D eigenvalue weighted by Gasteiger charge is 2.18. The third-order valence-electron chi connectivity index (χ3n) is 1.71. The van der Waals surface area contributed by atoms with Crippen molar-refractivity contribution in [3.8, 4) is 0 Å². The van der Waals surface area contributed by atoms with E-state index in [0.29, 0.717) is 12.5 Å². The van der Waals surface area contributed by atoms with Gasteiger partial charge in [-0.3, -0.25) is 0 Å². The van der Waals surface area contributed by atoms with Crippen LogP contribution in [-0.2, 0) is 0 Å². The monoisotopic (exact) mass is 146 g/mol. The second kappa shape index (κ2) is 4.66. The molecule has 0 aromatic carbocycles. The highest BCUT2D eigenvalue weighted by Crippen LogP contribution is 2.04. The van der Waals surface area contributed by atoms with Gasteiger partial charge in [-0.15, -0.1) is 0 Å². The van der Waals surface area contributed by atoms with Crippen LogP contribution in [0.3, 0.4) is 0 Å². The van der Waals surface area contributed by atoms with Gasteiger partial charge in [0, 0.05) is 12.6 Å². The lowest BCUT2D eigenvalue weighted by molar-refractivity contribution is 0.116. The van der Waals surface area contributed by atoms with E-state index in [2.05, 4.69) is 19.2 Å². The molecule has 2 atom stereocenters. The Morgan fingerprint density at radius 2 is 2.00 bits per heavy atom. The largest absolute Gasteiger partial charge is 0.390 e. The summed E-state index contributed by atoms with van der Waals surface area (Å²) in [5.41, 5.74) is 5.30. The van der Waals surface area contributed by atoms with Crippen molar-refractivity contribution in [2.24, 2.45) is 11.7 Å². The van der Waals surface area contributed by atoms with E-state index in [1.165, 1.54) is 0 Å². The molecule has 2 unspecified atom stereocenters. The van der Waals surface area contributed by atoms with Gasteiger partial charge in [-0.05, 0) is 13.0 Å². The Morgan fingerprint density at radius 1 is 1.50 bits per heavy atom. The highest BCUT2D eigenvalue weighted by atomic mass is 16.3. The second-order valence-corrected chi connectivity index (χ2v) is 2.86. The van der Waals surface area contributed by atoms with Gasteiger partial charge in [0.25, 0.3) is 0 Å². The maximum atomic E-state index is 9.30. The Labute approximate surface area is 62.6 Å². The van der Waals surface area contributed by atoms with Crippen LogP contribution in [-0.4, -0.2) is 30.8 Å². The standard InChI is InChI=1S/C7H18N2O/c1-5(2)7(9-3)6(10)4-8/h5-7,9-10H,4,8H2,1-3H3. The van der Waals surface area contributed by atoms with Crippen LogP contribution in [0.1, 0.15) is 13.8 Å². The van der Waals surface area contributed by atoms with Crippen LogP contribution in [0.4, 0.5) is 0 Å². The van der Waals surface area contributed by atoms with Crippen molar-refractivity contribution >= 4 is 0 Å². The molecule has 0 bridgehead atoms. The lowest BCUT2D eigenvalue weighted by Crippen LogP contribution is -2.45. The van der Waals surface area contributed by atoms with Gasteiger partial charge in [-0.25, -0.2) is 0 Å². The van der Waals surface area contributed by atoms with Crippen LogP contribution in [0.15, 0.2) is 0 Å². The molecule has 0 aliphatic rings. The van der Waals surface area contributed by atoms with Crippen LogP contribution in [0, 0.1) is 5.92 Å². The van der Waals surface area contributed by atoms with E-state index in [1.54, 1.807) is 0 Å². The van der Waals surface area contributed by atoms with Crippen molar-refractivity contribution < 1.29 is 5.11 Å². The summed E-state index contributed by atoms with van der Waals surface area (Å²) in [4.78, 5) is 0. The summed E-state index contributed by atoms with van der Waals surface area (Å²) in [5.74, 6) is 0.420. The van der Waals surface area contributed by atoms with E-state index in [9.17, 15) is 5.11 Å². The van der Waals surface area contributed by atoms with Gasteiger partial charge in [0.1, 0.15) is 0 Å². The van der Waals surface area contributed by atoms with Gasteiger partial charge in [-0.2, -0.15) is 0 Å². The van der Waals surface area contributed by atoms with Crippen molar-refractivity contribution in [1.29, 1.82) is 0 Å². The molecular formula is C7H18N2O. The zero-order chi connectivity index (χ0) is 8.15. The maximum Gasteiger partial charge on any atom is 0.0817 e. The molecule has 0 saturated heterocycles. The highest BCUT2D eigenvalue weighted by molar-refractivity contribution is 4.77. The first-order valence-corrected chi connectivity index (χ1v) is 3.68. The average Bonchev–Trinajstić information content (AvgIpc) is 1.88. The molecule has 3 heteroatoms. The molecule has 0 amide bonds. The number of rotatable bonds is 4. The first-order valence-electron chi connectivity index (χ1n) is 3.68. The Morgan fingerprint density at radius 3 is 2.10 bits per heavy atom. The third-order valence-corrected chi connectivity index (χ3v) is 1.71. The van der Waals surface area contributed by atoms with Crippen LogP contribution in [0.25, 0.3) is 0 Å². The molecule has 0 saturated carbocycles. The molecule has 3 nitrogen and oxygen atoms in total. The number of nitrogens with two attached hydrogens (primary N) is 1. The molecule has 0 aliphatic carbocycles. The number of likely N-dealkylation sites (N-methyl/N-ethyl adjacent to an activating group) is 1. The minimum atomic E-state index is -0.426. The number of hydrogen-bond donors (Lipinski definition) is 3. The molecular weight excluding hydrogens is 128 g/mol. The third kappa shape index (κ3) is 2.64. The fourth-order valence-corrected chi connectivity index (χ4v) is 1.12. The summed E-state index contributed by atoms with van der Waals surface area (Å²) in [6, 6.07) is 0.116. The molecule has 10 heavy (non-hydrogen) atoms. The fourth-order valence-electron chi connectivity index (χ4n) is 1.12. The molecule has 0 fully saturated rings. The molecule has 0 radical (unpaired) electrons. The van der Waals surface area contributed by atoms with Gasteiger partial charge < -0.3 is 16.2 Å². The minimum Gasteiger partial charge on any atom is -0.390 e. The summed E-state index contributed by atoms with van der Waals surface area (Å²) in [5, 5.41) is 12.3. The Bertz CT molecular complexity index is 85.7. The predicted molar refractivity (Wildman–Crippen MR) is 42.7 cm³/mol. The van der Waals surface area contributed by atoms with Gasteiger partial charge in [0.2, 0.25) is 0 Å². The van der Waals surface area contributed by atoms with Crippen molar-refractivity contribution in [3.63, 3.8) is 0 Å². The van der Waals surface area contributed by atoms with E-state index in [-0.39, 0.29) is 6.04 Å². The quantitative estimate of drug-likeness (QED) is 0.503. The minimum absolute atomic E-state index is 0.116. The van der Waals surface area contributed by atoms with Crippen LogP contribution >= 0.6 is 0 Å². The Hall–Kier alpha value is -0.120. The summed E-state index contributed by atoms with van der Waals surface area (Å²) < 4.78 is 0. The fraction of sp³-hybridized carbons (Fsp3) is 1.00. The summed E-state index contributed by atoms with van der Waals surface area (Å²) in [7, 11) is 1.84. The lowest BCUT2D eigenvalue weighted by Gasteiger charge is -2.24. The first kappa shape index (κ1) is 9.88. The van der Waals surface area contributed by atoms with E-state index >= 15 is 0 Å². The molecule has 0 spiro atoms. The molecule has 4 N–H and O–H groups in total. The second-order valence-electron chi connectivity index (χ2n) is 2.86. The van der Waals surface area contributed by atoms with Crippen LogP contribution < -0.4 is 11.1 Å². The van der Waals surface area contributed by atoms with Crippen molar-refractivity contribution in [1.82, 2.24) is 5.32 Å². The Kier molecular flexibility index (Phi) is 4.60. The summed E-state index contributed by atoms with van der Waals surface area (Å²) >= 11 is 0. The number of hydrogen-bond acceptors (Lipinski definition) is 3.